The predicted molar refractivity (Wildman–Crippen MR) is 95.4 cm³/mol. The molecule has 0 aliphatic heterocycles. The molecule has 1 unspecified atom stereocenters. The molecule has 2 aromatic heterocycles. The van der Waals surface area contributed by atoms with Crippen molar-refractivity contribution in [2.24, 2.45) is 5.92 Å². The minimum absolute atomic E-state index is 0.169. The van der Waals surface area contributed by atoms with Gasteiger partial charge in [-0.25, -0.2) is 0 Å². The molecule has 128 valence electrons. The lowest BCUT2D eigenvalue weighted by Crippen LogP contribution is -2.11. The fourth-order valence-corrected chi connectivity index (χ4v) is 2.96. The zero-order chi connectivity index (χ0) is 17.2. The fourth-order valence-electron chi connectivity index (χ4n) is 2.96. The van der Waals surface area contributed by atoms with E-state index in [1.165, 1.54) is 12.8 Å². The van der Waals surface area contributed by atoms with Crippen molar-refractivity contribution in [2.75, 3.05) is 5.32 Å². The van der Waals surface area contributed by atoms with Gasteiger partial charge in [0.1, 0.15) is 0 Å². The highest BCUT2D eigenvalue weighted by Gasteiger charge is 2.29. The molecular formula is C19H21N5O. The van der Waals surface area contributed by atoms with Crippen molar-refractivity contribution in [1.29, 1.82) is 0 Å². The van der Waals surface area contributed by atoms with Gasteiger partial charge in [-0.15, -0.1) is 0 Å². The van der Waals surface area contributed by atoms with Crippen LogP contribution < -0.4 is 5.32 Å². The minimum atomic E-state index is -0.169. The third kappa shape index (κ3) is 3.63. The van der Waals surface area contributed by atoms with Gasteiger partial charge in [0.05, 0.1) is 36.2 Å². The number of carbonyl (C=O) groups is 1. The summed E-state index contributed by atoms with van der Waals surface area (Å²) in [5, 5.41) is 11.5. The zero-order valence-electron chi connectivity index (χ0n) is 14.2. The number of hydrogen-bond donors (Lipinski definition) is 1. The summed E-state index contributed by atoms with van der Waals surface area (Å²) in [6.07, 6.45) is 9.49. The second-order valence-electron chi connectivity index (χ2n) is 6.65. The molecule has 4 rings (SSSR count). The summed E-state index contributed by atoms with van der Waals surface area (Å²) in [4.78, 5) is 12.4. The van der Waals surface area contributed by atoms with Crippen LogP contribution in [0, 0.1) is 5.92 Å². The zero-order valence-corrected chi connectivity index (χ0v) is 14.2. The van der Waals surface area contributed by atoms with Crippen molar-refractivity contribution in [3.8, 4) is 0 Å². The molecule has 1 aliphatic rings. The molecule has 1 atom stereocenters. The number of nitrogens with zero attached hydrogens (tertiary/aromatic N) is 4. The molecule has 1 aliphatic carbocycles. The molecule has 1 amide bonds. The molecule has 1 fully saturated rings. The minimum Gasteiger partial charge on any atom is -0.319 e. The van der Waals surface area contributed by atoms with E-state index in [0.29, 0.717) is 23.8 Å². The van der Waals surface area contributed by atoms with Crippen LogP contribution in [0.5, 0.6) is 0 Å². The number of rotatable bonds is 6. The molecule has 0 bridgehead atoms. The summed E-state index contributed by atoms with van der Waals surface area (Å²) in [7, 11) is 0. The molecule has 2 heterocycles. The third-order valence-corrected chi connectivity index (χ3v) is 4.66. The number of nitrogens with one attached hydrogen (secondary N) is 1. The number of benzene rings is 1. The van der Waals surface area contributed by atoms with Crippen molar-refractivity contribution >= 4 is 11.6 Å². The highest BCUT2D eigenvalue weighted by Crippen LogP contribution is 2.39. The summed E-state index contributed by atoms with van der Waals surface area (Å²) >= 11 is 0. The number of amides is 1. The Morgan fingerprint density at radius 1 is 1.20 bits per heavy atom. The second-order valence-corrected chi connectivity index (χ2v) is 6.65. The van der Waals surface area contributed by atoms with Crippen molar-refractivity contribution in [2.45, 2.75) is 32.4 Å². The van der Waals surface area contributed by atoms with Gasteiger partial charge in [-0.1, -0.05) is 30.3 Å². The van der Waals surface area contributed by atoms with Gasteiger partial charge in [-0.3, -0.25) is 14.2 Å². The van der Waals surface area contributed by atoms with Crippen LogP contribution in [0.1, 0.15) is 41.7 Å². The summed E-state index contributed by atoms with van der Waals surface area (Å²) in [5.74, 6) is 0.553. The molecule has 1 saturated carbocycles. The van der Waals surface area contributed by atoms with Gasteiger partial charge >= 0.3 is 0 Å². The number of carbonyl (C=O) groups excluding carboxylic acids is 1. The van der Waals surface area contributed by atoms with E-state index in [1.807, 2.05) is 41.2 Å². The molecule has 25 heavy (non-hydrogen) atoms. The van der Waals surface area contributed by atoms with E-state index in [2.05, 4.69) is 22.4 Å². The number of aromatic nitrogens is 4. The lowest BCUT2D eigenvalue weighted by atomic mass is 10.2. The summed E-state index contributed by atoms with van der Waals surface area (Å²) in [6, 6.07) is 10.4. The molecule has 0 spiro atoms. The van der Waals surface area contributed by atoms with Gasteiger partial charge < -0.3 is 5.32 Å². The molecule has 6 heteroatoms. The molecule has 0 radical (unpaired) electrons. The number of hydrogen-bond acceptors (Lipinski definition) is 3. The average molecular weight is 335 g/mol. The Morgan fingerprint density at radius 3 is 2.76 bits per heavy atom. The highest BCUT2D eigenvalue weighted by molar-refractivity contribution is 6.03. The quantitative estimate of drug-likeness (QED) is 0.751. The molecule has 3 aromatic rings. The number of anilines is 1. The van der Waals surface area contributed by atoms with E-state index >= 15 is 0 Å². The highest BCUT2D eigenvalue weighted by atomic mass is 16.1. The lowest BCUT2D eigenvalue weighted by molar-refractivity contribution is 0.102. The van der Waals surface area contributed by atoms with Gasteiger partial charge in [-0.2, -0.15) is 10.2 Å². The van der Waals surface area contributed by atoms with Crippen LogP contribution in [-0.4, -0.2) is 25.5 Å². The van der Waals surface area contributed by atoms with Crippen LogP contribution in [-0.2, 0) is 6.54 Å². The van der Waals surface area contributed by atoms with Crippen LogP contribution in [0.3, 0.4) is 0 Å². The Kier molecular flexibility index (Phi) is 4.09. The Hall–Kier alpha value is -2.89. The van der Waals surface area contributed by atoms with Crippen molar-refractivity contribution in [3.05, 3.63) is 66.2 Å². The van der Waals surface area contributed by atoms with Crippen molar-refractivity contribution < 1.29 is 4.79 Å². The summed E-state index contributed by atoms with van der Waals surface area (Å²) < 4.78 is 3.70. The smallest absolute Gasteiger partial charge is 0.258 e. The second kappa shape index (κ2) is 6.55. The average Bonchev–Trinajstić information content (AvgIpc) is 3.19. The first-order valence-electron chi connectivity index (χ1n) is 8.61. The largest absolute Gasteiger partial charge is 0.319 e. The Bertz CT molecular complexity index is 863. The Balaban J connectivity index is 1.39. The first-order valence-corrected chi connectivity index (χ1v) is 8.61. The van der Waals surface area contributed by atoms with Crippen LogP contribution in [0.25, 0.3) is 0 Å². The molecular weight excluding hydrogens is 314 g/mol. The van der Waals surface area contributed by atoms with E-state index in [1.54, 1.807) is 23.3 Å². The monoisotopic (exact) mass is 335 g/mol. The first-order chi connectivity index (χ1) is 12.2. The maximum atomic E-state index is 12.4. The summed E-state index contributed by atoms with van der Waals surface area (Å²) in [5.41, 5.74) is 2.40. The van der Waals surface area contributed by atoms with Gasteiger partial charge in [0, 0.05) is 12.4 Å². The molecule has 6 nitrogen and oxygen atoms in total. The predicted octanol–water partition coefficient (Wildman–Crippen LogP) is 3.35. The molecule has 1 aromatic carbocycles. The SMILES string of the molecule is CC(C1CC1)n1cc(NC(=O)c2cnn(Cc3ccccc3)c2)cn1. The van der Waals surface area contributed by atoms with Crippen LogP contribution in [0.2, 0.25) is 0 Å². The third-order valence-electron chi connectivity index (χ3n) is 4.66. The van der Waals surface area contributed by atoms with Gasteiger partial charge in [0.25, 0.3) is 5.91 Å². The topological polar surface area (TPSA) is 64.7 Å². The van der Waals surface area contributed by atoms with Crippen molar-refractivity contribution in [3.63, 3.8) is 0 Å². The van der Waals surface area contributed by atoms with Crippen LogP contribution in [0.4, 0.5) is 5.69 Å². The van der Waals surface area contributed by atoms with Crippen LogP contribution in [0.15, 0.2) is 55.1 Å². The summed E-state index contributed by atoms with van der Waals surface area (Å²) in [6.45, 7) is 2.81. The maximum Gasteiger partial charge on any atom is 0.258 e. The first kappa shape index (κ1) is 15.6. The Morgan fingerprint density at radius 2 is 2.00 bits per heavy atom. The van der Waals surface area contributed by atoms with Crippen LogP contribution >= 0.6 is 0 Å². The standard InChI is InChI=1S/C19H21N5O/c1-14(16-7-8-16)24-13-18(10-21-24)22-19(25)17-9-20-23(12-17)11-15-5-3-2-4-6-15/h2-6,9-10,12-14,16H,7-8,11H2,1H3,(H,22,25). The normalized spacial score (nSPS) is 15.1. The molecule has 0 saturated heterocycles. The Labute approximate surface area is 146 Å². The van der Waals surface area contributed by atoms with Gasteiger partial charge in [-0.05, 0) is 31.2 Å². The lowest BCUT2D eigenvalue weighted by Gasteiger charge is -2.09. The van der Waals surface area contributed by atoms with E-state index in [0.717, 1.165) is 11.5 Å². The van der Waals surface area contributed by atoms with E-state index in [-0.39, 0.29) is 5.91 Å². The van der Waals surface area contributed by atoms with E-state index < -0.39 is 0 Å². The molecule has 1 N–H and O–H groups in total. The maximum absolute atomic E-state index is 12.4. The van der Waals surface area contributed by atoms with Gasteiger partial charge in [0.2, 0.25) is 0 Å². The van der Waals surface area contributed by atoms with E-state index in [9.17, 15) is 4.79 Å². The van der Waals surface area contributed by atoms with E-state index in [4.69, 9.17) is 0 Å². The fraction of sp³-hybridized carbons (Fsp3) is 0.316. The van der Waals surface area contributed by atoms with Gasteiger partial charge in [0.15, 0.2) is 0 Å². The van der Waals surface area contributed by atoms with Crippen molar-refractivity contribution in [1.82, 2.24) is 19.6 Å².